The van der Waals surface area contributed by atoms with Gasteiger partial charge in [-0.05, 0) is 49.1 Å². The highest BCUT2D eigenvalue weighted by atomic mass is 15.2. The van der Waals surface area contributed by atoms with Gasteiger partial charge in [-0.1, -0.05) is 41.5 Å². The molecule has 108 valence electrons. The highest BCUT2D eigenvalue weighted by molar-refractivity contribution is 4.85. The van der Waals surface area contributed by atoms with E-state index >= 15 is 0 Å². The van der Waals surface area contributed by atoms with E-state index in [2.05, 4.69) is 46.4 Å². The first-order chi connectivity index (χ1) is 8.13. The van der Waals surface area contributed by atoms with Crippen LogP contribution in [0.2, 0.25) is 0 Å². The molecule has 0 spiro atoms. The molecule has 0 aromatic carbocycles. The number of hydrogen-bond acceptors (Lipinski definition) is 2. The Morgan fingerprint density at radius 1 is 1.06 bits per heavy atom. The highest BCUT2D eigenvalue weighted by Gasteiger charge is 2.32. The summed E-state index contributed by atoms with van der Waals surface area (Å²) in [5.74, 6) is 0.877. The minimum atomic E-state index is 0.380. The van der Waals surface area contributed by atoms with Crippen LogP contribution < -0.4 is 5.73 Å². The molecule has 0 amide bonds. The molecule has 2 heteroatoms. The summed E-state index contributed by atoms with van der Waals surface area (Å²) in [6.45, 7) is 17.4. The second-order valence-electron chi connectivity index (χ2n) is 8.33. The van der Waals surface area contributed by atoms with Crippen LogP contribution in [0.5, 0.6) is 0 Å². The molecule has 0 aliphatic carbocycles. The van der Waals surface area contributed by atoms with Crippen molar-refractivity contribution in [1.82, 2.24) is 4.90 Å². The van der Waals surface area contributed by atoms with Gasteiger partial charge >= 0.3 is 0 Å². The first-order valence-corrected chi connectivity index (χ1v) is 7.57. The number of likely N-dealkylation sites (tertiary alicyclic amines) is 1. The van der Waals surface area contributed by atoms with E-state index in [1.165, 1.54) is 32.4 Å². The second-order valence-corrected chi connectivity index (χ2v) is 8.33. The molecule has 0 bridgehead atoms. The number of nitrogens with zero attached hydrogens (tertiary/aromatic N) is 1. The summed E-state index contributed by atoms with van der Waals surface area (Å²) in [4.78, 5) is 2.63. The quantitative estimate of drug-likeness (QED) is 0.835. The Morgan fingerprint density at radius 3 is 1.89 bits per heavy atom. The van der Waals surface area contributed by atoms with Crippen LogP contribution in [-0.4, -0.2) is 30.6 Å². The molecule has 1 saturated heterocycles. The SMILES string of the molecule is CC(C)(C)CC(CN)N1CCC(C(C)(C)C)CC1. The summed E-state index contributed by atoms with van der Waals surface area (Å²) in [6.07, 6.45) is 3.89. The van der Waals surface area contributed by atoms with Crippen molar-refractivity contribution in [2.45, 2.75) is 66.8 Å². The first-order valence-electron chi connectivity index (χ1n) is 7.57. The molecule has 0 radical (unpaired) electrons. The molecule has 1 atom stereocenters. The third-order valence-electron chi connectivity index (χ3n) is 4.39. The van der Waals surface area contributed by atoms with Crippen LogP contribution in [0, 0.1) is 16.7 Å². The summed E-state index contributed by atoms with van der Waals surface area (Å²) in [7, 11) is 0. The lowest BCUT2D eigenvalue weighted by atomic mass is 9.75. The Morgan fingerprint density at radius 2 is 1.56 bits per heavy atom. The molecular weight excluding hydrogens is 220 g/mol. The number of piperidine rings is 1. The van der Waals surface area contributed by atoms with E-state index in [-0.39, 0.29) is 0 Å². The normalized spacial score (nSPS) is 22.2. The van der Waals surface area contributed by atoms with Gasteiger partial charge in [0.2, 0.25) is 0 Å². The molecule has 0 aromatic rings. The average molecular weight is 254 g/mol. The molecule has 18 heavy (non-hydrogen) atoms. The maximum atomic E-state index is 5.99. The maximum Gasteiger partial charge on any atom is 0.0223 e. The number of hydrogen-bond donors (Lipinski definition) is 1. The van der Waals surface area contributed by atoms with Crippen molar-refractivity contribution in [3.63, 3.8) is 0 Å². The van der Waals surface area contributed by atoms with Crippen molar-refractivity contribution >= 4 is 0 Å². The maximum absolute atomic E-state index is 5.99. The standard InChI is InChI=1S/C16H34N2/c1-15(2,3)11-14(12-17)18-9-7-13(8-10-18)16(4,5)6/h13-14H,7-12,17H2,1-6H3. The van der Waals surface area contributed by atoms with Gasteiger partial charge in [-0.2, -0.15) is 0 Å². The molecule has 1 aliphatic heterocycles. The van der Waals surface area contributed by atoms with Crippen molar-refractivity contribution in [3.8, 4) is 0 Å². The fourth-order valence-electron chi connectivity index (χ4n) is 3.20. The summed E-state index contributed by atoms with van der Waals surface area (Å²) >= 11 is 0. The molecule has 1 fully saturated rings. The van der Waals surface area contributed by atoms with Gasteiger partial charge in [0.15, 0.2) is 0 Å². The van der Waals surface area contributed by atoms with Crippen molar-refractivity contribution in [1.29, 1.82) is 0 Å². The minimum Gasteiger partial charge on any atom is -0.329 e. The summed E-state index contributed by atoms with van der Waals surface area (Å²) in [5.41, 5.74) is 6.84. The van der Waals surface area contributed by atoms with Gasteiger partial charge in [-0.25, -0.2) is 0 Å². The van der Waals surface area contributed by atoms with E-state index < -0.39 is 0 Å². The van der Waals surface area contributed by atoms with Gasteiger partial charge in [0.25, 0.3) is 0 Å². The average Bonchev–Trinajstić information content (AvgIpc) is 2.24. The van der Waals surface area contributed by atoms with Gasteiger partial charge in [0, 0.05) is 12.6 Å². The van der Waals surface area contributed by atoms with Crippen molar-refractivity contribution in [3.05, 3.63) is 0 Å². The third kappa shape index (κ3) is 4.89. The van der Waals surface area contributed by atoms with E-state index in [9.17, 15) is 0 Å². The van der Waals surface area contributed by atoms with E-state index in [1.54, 1.807) is 0 Å². The Labute approximate surface area is 114 Å². The Balaban J connectivity index is 2.50. The smallest absolute Gasteiger partial charge is 0.0223 e. The zero-order valence-corrected chi connectivity index (χ0v) is 13.4. The van der Waals surface area contributed by atoms with Crippen molar-refractivity contribution < 1.29 is 0 Å². The first kappa shape index (κ1) is 16.0. The zero-order valence-electron chi connectivity index (χ0n) is 13.4. The predicted molar refractivity (Wildman–Crippen MR) is 80.7 cm³/mol. The van der Waals surface area contributed by atoms with Gasteiger partial charge in [-0.15, -0.1) is 0 Å². The van der Waals surface area contributed by atoms with Crippen molar-refractivity contribution in [2.24, 2.45) is 22.5 Å². The molecule has 1 rings (SSSR count). The lowest BCUT2D eigenvalue weighted by molar-refractivity contribution is 0.0694. The lowest BCUT2D eigenvalue weighted by Crippen LogP contribution is -2.48. The fraction of sp³-hybridized carbons (Fsp3) is 1.00. The van der Waals surface area contributed by atoms with Crippen LogP contribution in [0.1, 0.15) is 60.8 Å². The second kappa shape index (κ2) is 5.92. The summed E-state index contributed by atoms with van der Waals surface area (Å²) < 4.78 is 0. The number of rotatable bonds is 3. The number of nitrogens with two attached hydrogens (primary N) is 1. The van der Waals surface area contributed by atoms with E-state index in [1.807, 2.05) is 0 Å². The van der Waals surface area contributed by atoms with Gasteiger partial charge in [-0.3, -0.25) is 4.90 Å². The largest absolute Gasteiger partial charge is 0.329 e. The molecule has 0 saturated carbocycles. The van der Waals surface area contributed by atoms with Crippen LogP contribution in [-0.2, 0) is 0 Å². The monoisotopic (exact) mass is 254 g/mol. The van der Waals surface area contributed by atoms with Crippen LogP contribution in [0.25, 0.3) is 0 Å². The van der Waals surface area contributed by atoms with E-state index in [4.69, 9.17) is 5.73 Å². The van der Waals surface area contributed by atoms with E-state index in [0.29, 0.717) is 16.9 Å². The summed E-state index contributed by atoms with van der Waals surface area (Å²) in [6, 6.07) is 0.575. The molecule has 1 aliphatic rings. The van der Waals surface area contributed by atoms with Gasteiger partial charge < -0.3 is 5.73 Å². The van der Waals surface area contributed by atoms with Crippen LogP contribution in [0.3, 0.4) is 0 Å². The Hall–Kier alpha value is -0.0800. The zero-order chi connectivity index (χ0) is 14.0. The van der Waals surface area contributed by atoms with Crippen molar-refractivity contribution in [2.75, 3.05) is 19.6 Å². The van der Waals surface area contributed by atoms with Gasteiger partial charge in [0.1, 0.15) is 0 Å². The summed E-state index contributed by atoms with van der Waals surface area (Å²) in [5, 5.41) is 0. The minimum absolute atomic E-state index is 0.380. The molecule has 2 nitrogen and oxygen atoms in total. The van der Waals surface area contributed by atoms with Crippen LogP contribution >= 0.6 is 0 Å². The Kier molecular flexibility index (Phi) is 5.25. The molecule has 1 unspecified atom stereocenters. The molecule has 1 heterocycles. The topological polar surface area (TPSA) is 29.3 Å². The fourth-order valence-corrected chi connectivity index (χ4v) is 3.20. The van der Waals surface area contributed by atoms with Gasteiger partial charge in [0.05, 0.1) is 0 Å². The van der Waals surface area contributed by atoms with Crippen LogP contribution in [0.15, 0.2) is 0 Å². The van der Waals surface area contributed by atoms with Crippen LogP contribution in [0.4, 0.5) is 0 Å². The third-order valence-corrected chi connectivity index (χ3v) is 4.39. The predicted octanol–water partition coefficient (Wildman–Crippen LogP) is 3.51. The molecule has 0 aromatic heterocycles. The molecular formula is C16H34N2. The Bertz CT molecular complexity index is 239. The van der Waals surface area contributed by atoms with E-state index in [0.717, 1.165) is 12.5 Å². The lowest BCUT2D eigenvalue weighted by Gasteiger charge is -2.43. The molecule has 2 N–H and O–H groups in total. The highest BCUT2D eigenvalue weighted by Crippen LogP contribution is 2.35.